The molecule has 1 aromatic carbocycles. The van der Waals surface area contributed by atoms with Gasteiger partial charge in [0, 0.05) is 19.6 Å². The van der Waals surface area contributed by atoms with E-state index >= 15 is 0 Å². The smallest absolute Gasteiger partial charge is 0.297 e. The van der Waals surface area contributed by atoms with Crippen LogP contribution in [0.1, 0.15) is 24.8 Å². The Kier molecular flexibility index (Phi) is 9.88. The SMILES string of the molecule is Cl.Cl.O=C(NCC1CCCN(CCCc2ccccc2)C1)C1=CC2CNC3=CC=CC(=C1S(=O)(=O)O)N32. The number of carbonyl (C=O) groups excluding carboxylic acids is 1. The van der Waals surface area contributed by atoms with Crippen molar-refractivity contribution in [2.75, 3.05) is 32.7 Å². The molecule has 4 heterocycles. The van der Waals surface area contributed by atoms with Gasteiger partial charge in [0.15, 0.2) is 0 Å². The number of halogens is 2. The molecule has 1 amide bonds. The average Bonchev–Trinajstić information content (AvgIpc) is 3.27. The number of allylic oxidation sites excluding steroid dienone is 3. The van der Waals surface area contributed by atoms with Crippen molar-refractivity contribution in [3.8, 4) is 0 Å². The van der Waals surface area contributed by atoms with Crippen LogP contribution in [0.2, 0.25) is 0 Å². The van der Waals surface area contributed by atoms with Gasteiger partial charge in [-0.15, -0.1) is 24.8 Å². The molecule has 3 N–H and O–H groups in total. The normalized spacial score (nSPS) is 22.7. The predicted molar refractivity (Wildman–Crippen MR) is 149 cm³/mol. The minimum atomic E-state index is -4.60. The molecule has 2 atom stereocenters. The first-order chi connectivity index (χ1) is 16.9. The van der Waals surface area contributed by atoms with Crippen molar-refractivity contribution in [2.45, 2.75) is 31.7 Å². The monoisotopic (exact) mass is 568 g/mol. The van der Waals surface area contributed by atoms with Gasteiger partial charge in [0.2, 0.25) is 0 Å². The molecule has 37 heavy (non-hydrogen) atoms. The molecule has 2 fully saturated rings. The maximum atomic E-state index is 13.2. The lowest BCUT2D eigenvalue weighted by Crippen LogP contribution is -2.43. The van der Waals surface area contributed by atoms with Crippen molar-refractivity contribution in [2.24, 2.45) is 5.92 Å². The van der Waals surface area contributed by atoms with Gasteiger partial charge < -0.3 is 20.4 Å². The molecule has 8 nitrogen and oxygen atoms in total. The number of rotatable bonds is 8. The van der Waals surface area contributed by atoms with Crippen LogP contribution in [0.5, 0.6) is 0 Å². The maximum absolute atomic E-state index is 13.2. The van der Waals surface area contributed by atoms with Gasteiger partial charge in [0.25, 0.3) is 16.0 Å². The highest BCUT2D eigenvalue weighted by Gasteiger charge is 2.41. The summed E-state index contributed by atoms with van der Waals surface area (Å²) in [4.78, 5) is 17.1. The number of hydrogen-bond acceptors (Lipinski definition) is 6. The molecule has 0 bridgehead atoms. The fourth-order valence-electron chi connectivity index (χ4n) is 5.50. The average molecular weight is 570 g/mol. The first kappa shape index (κ1) is 29.3. The fraction of sp³-hybridized carbons (Fsp3) is 0.423. The van der Waals surface area contributed by atoms with E-state index in [2.05, 4.69) is 39.8 Å². The van der Waals surface area contributed by atoms with Crippen molar-refractivity contribution in [1.82, 2.24) is 20.4 Å². The molecule has 2 unspecified atom stereocenters. The Balaban J connectivity index is 0.00000190. The lowest BCUT2D eigenvalue weighted by Gasteiger charge is -2.34. The number of piperidine rings is 1. The number of amides is 1. The number of aryl methyl sites for hydroxylation is 1. The summed E-state index contributed by atoms with van der Waals surface area (Å²) in [6.45, 7) is 4.05. The lowest BCUT2D eigenvalue weighted by molar-refractivity contribution is -0.117. The van der Waals surface area contributed by atoms with Gasteiger partial charge >= 0.3 is 0 Å². The molecule has 0 aliphatic carbocycles. The second-order valence-electron chi connectivity index (χ2n) is 9.61. The molecular formula is C26H34Cl2N4O4S. The summed E-state index contributed by atoms with van der Waals surface area (Å²) in [5.74, 6) is 0.616. The Hall–Kier alpha value is -2.30. The van der Waals surface area contributed by atoms with Crippen LogP contribution in [0.15, 0.2) is 76.6 Å². The minimum absolute atomic E-state index is 0. The van der Waals surface area contributed by atoms with Gasteiger partial charge in [-0.3, -0.25) is 9.35 Å². The number of nitrogens with zero attached hydrogens (tertiary/aromatic N) is 2. The zero-order valence-electron chi connectivity index (χ0n) is 20.5. The fourth-order valence-corrected chi connectivity index (χ4v) is 6.37. The summed E-state index contributed by atoms with van der Waals surface area (Å²) < 4.78 is 34.6. The van der Waals surface area contributed by atoms with E-state index in [1.54, 1.807) is 18.2 Å². The zero-order valence-corrected chi connectivity index (χ0v) is 23.0. The largest absolute Gasteiger partial charge is 0.369 e. The Morgan fingerprint density at radius 2 is 1.97 bits per heavy atom. The predicted octanol–water partition coefficient (Wildman–Crippen LogP) is 3.02. The highest BCUT2D eigenvalue weighted by Crippen LogP contribution is 2.37. The minimum Gasteiger partial charge on any atom is -0.369 e. The van der Waals surface area contributed by atoms with Crippen molar-refractivity contribution in [3.63, 3.8) is 0 Å². The second kappa shape index (κ2) is 12.5. The molecule has 0 saturated carbocycles. The molecule has 0 spiro atoms. The summed E-state index contributed by atoms with van der Waals surface area (Å²) >= 11 is 0. The topological polar surface area (TPSA) is 102 Å². The number of likely N-dealkylation sites (tertiary alicyclic amines) is 1. The van der Waals surface area contributed by atoms with Crippen LogP contribution in [0.3, 0.4) is 0 Å². The number of hydrogen-bond donors (Lipinski definition) is 3. The van der Waals surface area contributed by atoms with E-state index in [4.69, 9.17) is 0 Å². The van der Waals surface area contributed by atoms with Crippen LogP contribution < -0.4 is 10.6 Å². The van der Waals surface area contributed by atoms with Gasteiger partial charge in [-0.05, 0) is 68.5 Å². The molecule has 11 heteroatoms. The molecule has 0 aromatic heterocycles. The summed E-state index contributed by atoms with van der Waals surface area (Å²) in [5, 5.41) is 6.18. The van der Waals surface area contributed by atoms with E-state index in [1.807, 2.05) is 17.0 Å². The van der Waals surface area contributed by atoms with Gasteiger partial charge in [-0.25, -0.2) is 0 Å². The van der Waals surface area contributed by atoms with Gasteiger partial charge in [0.1, 0.15) is 10.7 Å². The molecule has 1 aromatic rings. The Morgan fingerprint density at radius 1 is 1.19 bits per heavy atom. The van der Waals surface area contributed by atoms with Crippen molar-refractivity contribution < 1.29 is 17.8 Å². The van der Waals surface area contributed by atoms with E-state index in [1.165, 1.54) is 5.56 Å². The molecule has 2 saturated heterocycles. The van der Waals surface area contributed by atoms with Gasteiger partial charge in [-0.1, -0.05) is 36.4 Å². The van der Waals surface area contributed by atoms with Gasteiger partial charge in [-0.2, -0.15) is 8.42 Å². The maximum Gasteiger partial charge on any atom is 0.297 e. The van der Waals surface area contributed by atoms with E-state index in [0.717, 1.165) is 51.1 Å². The number of benzene rings is 1. The molecular weight excluding hydrogens is 535 g/mol. The summed E-state index contributed by atoms with van der Waals surface area (Å²) in [5.41, 5.74) is 1.70. The second-order valence-corrected chi connectivity index (χ2v) is 11.0. The zero-order chi connectivity index (χ0) is 24.4. The molecule has 4 aliphatic heterocycles. The van der Waals surface area contributed by atoms with E-state index in [9.17, 15) is 17.8 Å². The van der Waals surface area contributed by atoms with Crippen LogP contribution in [0.4, 0.5) is 0 Å². The number of nitrogens with one attached hydrogen (secondary N) is 2. The third-order valence-electron chi connectivity index (χ3n) is 7.13. The molecule has 202 valence electrons. The van der Waals surface area contributed by atoms with E-state index < -0.39 is 16.0 Å². The summed E-state index contributed by atoms with van der Waals surface area (Å²) in [7, 11) is -4.60. The molecule has 0 radical (unpaired) electrons. The van der Waals surface area contributed by atoms with Gasteiger partial charge in [0.05, 0.1) is 17.3 Å². The van der Waals surface area contributed by atoms with E-state index in [-0.39, 0.29) is 41.3 Å². The van der Waals surface area contributed by atoms with Crippen LogP contribution >= 0.6 is 24.8 Å². The number of carbonyl (C=O) groups is 1. The first-order valence-electron chi connectivity index (χ1n) is 12.3. The van der Waals surface area contributed by atoms with E-state index in [0.29, 0.717) is 24.7 Å². The summed E-state index contributed by atoms with van der Waals surface area (Å²) in [6.07, 6.45) is 11.1. The lowest BCUT2D eigenvalue weighted by atomic mass is 9.97. The quantitative estimate of drug-likeness (QED) is 0.414. The highest BCUT2D eigenvalue weighted by molar-refractivity contribution is 7.90. The molecule has 4 aliphatic rings. The van der Waals surface area contributed by atoms with Crippen LogP contribution in [0.25, 0.3) is 0 Å². The summed E-state index contributed by atoms with van der Waals surface area (Å²) in [6, 6.07) is 10.3. The van der Waals surface area contributed by atoms with Crippen LogP contribution in [-0.2, 0) is 21.3 Å². The highest BCUT2D eigenvalue weighted by atomic mass is 35.5. The Bertz CT molecular complexity index is 1210. The molecule has 5 rings (SSSR count). The standard InChI is InChI=1S/C26H32N4O4S.2ClH/c31-26(22-15-21-17-27-24-12-4-11-23(30(21)24)25(22)35(32,33)34)28-16-20-10-6-14-29(18-20)13-5-9-19-7-2-1-3-8-19;;/h1-4,7-8,11-12,15,20-21,27H,5-6,9-10,13-14,16-18H2,(H,28,31)(H,32,33,34);2*1H. The third kappa shape index (κ3) is 6.59. The van der Waals surface area contributed by atoms with Crippen LogP contribution in [-0.4, -0.2) is 67.4 Å². The third-order valence-corrected chi connectivity index (χ3v) is 8.07. The Morgan fingerprint density at radius 3 is 2.73 bits per heavy atom. The van der Waals surface area contributed by atoms with Crippen molar-refractivity contribution in [3.05, 3.63) is 82.2 Å². The first-order valence-corrected chi connectivity index (χ1v) is 13.7. The van der Waals surface area contributed by atoms with Crippen molar-refractivity contribution >= 4 is 40.8 Å². The Labute approximate surface area is 231 Å². The van der Waals surface area contributed by atoms with Crippen LogP contribution in [0, 0.1) is 5.92 Å². The van der Waals surface area contributed by atoms with Crippen molar-refractivity contribution in [1.29, 1.82) is 0 Å².